The van der Waals surface area contributed by atoms with E-state index in [-0.39, 0.29) is 0 Å². The van der Waals surface area contributed by atoms with Crippen LogP contribution in [0.3, 0.4) is 0 Å². The molecule has 1 saturated heterocycles. The number of rotatable bonds is 4. The summed E-state index contributed by atoms with van der Waals surface area (Å²) < 4.78 is 5.32. The van der Waals surface area contributed by atoms with Crippen LogP contribution in [0.2, 0.25) is 0 Å². The average molecular weight is 245 g/mol. The highest BCUT2D eigenvalue weighted by molar-refractivity contribution is 5.42. The highest BCUT2D eigenvalue weighted by Crippen LogP contribution is 2.20. The van der Waals surface area contributed by atoms with Crippen LogP contribution in [0.15, 0.2) is 18.2 Å². The summed E-state index contributed by atoms with van der Waals surface area (Å²) in [5, 5.41) is 12.4. The first kappa shape index (κ1) is 12.9. The zero-order chi connectivity index (χ0) is 13.0. The van der Waals surface area contributed by atoms with E-state index in [1.807, 2.05) is 12.1 Å². The Balaban J connectivity index is 2.01. The van der Waals surface area contributed by atoms with Crippen LogP contribution in [0.5, 0.6) is 5.75 Å². The highest BCUT2D eigenvalue weighted by Gasteiger charge is 2.18. The first-order valence-electron chi connectivity index (χ1n) is 6.22. The van der Waals surface area contributed by atoms with Gasteiger partial charge in [-0.2, -0.15) is 5.26 Å². The number of hydrogen-bond acceptors (Lipinski definition) is 4. The molecule has 1 unspecified atom stereocenters. The lowest BCUT2D eigenvalue weighted by molar-refractivity contribution is 0.391. The minimum Gasteiger partial charge on any atom is -0.496 e. The smallest absolute Gasteiger partial charge is 0.123 e. The Morgan fingerprint density at radius 1 is 1.56 bits per heavy atom. The van der Waals surface area contributed by atoms with E-state index in [0.717, 1.165) is 30.9 Å². The third-order valence-corrected chi connectivity index (χ3v) is 3.38. The van der Waals surface area contributed by atoms with Gasteiger partial charge in [-0.1, -0.05) is 0 Å². The fourth-order valence-corrected chi connectivity index (χ4v) is 2.34. The van der Waals surface area contributed by atoms with E-state index in [4.69, 9.17) is 10.00 Å². The number of methoxy groups -OCH3 is 1. The van der Waals surface area contributed by atoms with E-state index < -0.39 is 0 Å². The van der Waals surface area contributed by atoms with E-state index in [0.29, 0.717) is 11.6 Å². The molecule has 1 aromatic carbocycles. The third kappa shape index (κ3) is 3.00. The van der Waals surface area contributed by atoms with E-state index in [2.05, 4.69) is 23.3 Å². The third-order valence-electron chi connectivity index (χ3n) is 3.38. The predicted molar refractivity (Wildman–Crippen MR) is 70.5 cm³/mol. The molecule has 0 bridgehead atoms. The number of nitriles is 1. The van der Waals surface area contributed by atoms with Crippen molar-refractivity contribution < 1.29 is 4.74 Å². The van der Waals surface area contributed by atoms with Gasteiger partial charge in [-0.15, -0.1) is 0 Å². The maximum atomic E-state index is 8.92. The van der Waals surface area contributed by atoms with Crippen LogP contribution in [0.1, 0.15) is 17.5 Å². The van der Waals surface area contributed by atoms with E-state index in [1.165, 1.54) is 6.42 Å². The van der Waals surface area contributed by atoms with Gasteiger partial charge in [0.15, 0.2) is 0 Å². The van der Waals surface area contributed by atoms with Gasteiger partial charge in [0.05, 0.1) is 18.7 Å². The van der Waals surface area contributed by atoms with Gasteiger partial charge in [0.2, 0.25) is 0 Å². The Morgan fingerprint density at radius 2 is 2.39 bits per heavy atom. The summed E-state index contributed by atoms with van der Waals surface area (Å²) in [6.07, 6.45) is 1.18. The number of benzene rings is 1. The molecule has 0 aromatic heterocycles. The van der Waals surface area contributed by atoms with Crippen molar-refractivity contribution in [3.8, 4) is 11.8 Å². The summed E-state index contributed by atoms with van der Waals surface area (Å²) in [4.78, 5) is 2.32. The molecule has 0 aliphatic carbocycles. The summed E-state index contributed by atoms with van der Waals surface area (Å²) in [5.41, 5.74) is 1.72. The van der Waals surface area contributed by atoms with E-state index >= 15 is 0 Å². The molecule has 18 heavy (non-hydrogen) atoms. The molecule has 0 amide bonds. The van der Waals surface area contributed by atoms with Crippen LogP contribution < -0.4 is 10.1 Å². The quantitative estimate of drug-likeness (QED) is 0.870. The maximum Gasteiger partial charge on any atom is 0.123 e. The lowest BCUT2D eigenvalue weighted by Crippen LogP contribution is -2.31. The Bertz CT molecular complexity index is 453. The maximum absolute atomic E-state index is 8.92. The Labute approximate surface area is 108 Å². The normalized spacial score (nSPS) is 19.7. The molecule has 4 nitrogen and oxygen atoms in total. The van der Waals surface area contributed by atoms with Gasteiger partial charge in [-0.05, 0) is 38.2 Å². The molecule has 96 valence electrons. The molecule has 1 aromatic rings. The summed E-state index contributed by atoms with van der Waals surface area (Å²) >= 11 is 0. The van der Waals surface area contributed by atoms with E-state index in [9.17, 15) is 0 Å². The molecule has 0 spiro atoms. The van der Waals surface area contributed by atoms with Gasteiger partial charge in [0.25, 0.3) is 0 Å². The molecule has 1 aliphatic heterocycles. The van der Waals surface area contributed by atoms with Crippen molar-refractivity contribution in [1.29, 1.82) is 5.26 Å². The molecule has 1 atom stereocenters. The predicted octanol–water partition coefficient (Wildman–Crippen LogP) is 1.36. The number of hydrogen-bond donors (Lipinski definition) is 1. The minimum absolute atomic E-state index is 0.533. The Hall–Kier alpha value is -1.57. The average Bonchev–Trinajstić information content (AvgIpc) is 2.81. The van der Waals surface area contributed by atoms with Gasteiger partial charge < -0.3 is 15.0 Å². The van der Waals surface area contributed by atoms with Gasteiger partial charge in [-0.25, -0.2) is 0 Å². The summed E-state index contributed by atoms with van der Waals surface area (Å²) in [6.45, 7) is 2.98. The van der Waals surface area contributed by atoms with Crippen molar-refractivity contribution >= 4 is 0 Å². The topological polar surface area (TPSA) is 48.3 Å². The number of likely N-dealkylation sites (N-methyl/N-ethyl adjacent to an activating group) is 1. The lowest BCUT2D eigenvalue weighted by atomic mass is 10.1. The van der Waals surface area contributed by atoms with Crippen molar-refractivity contribution in [2.45, 2.75) is 19.0 Å². The number of nitrogens with zero attached hydrogens (tertiary/aromatic N) is 2. The molecule has 1 N–H and O–H groups in total. The summed E-state index contributed by atoms with van der Waals surface area (Å²) in [7, 11) is 3.80. The molecule has 1 fully saturated rings. The van der Waals surface area contributed by atoms with Crippen LogP contribution in [0, 0.1) is 11.3 Å². The van der Waals surface area contributed by atoms with Gasteiger partial charge >= 0.3 is 0 Å². The first-order valence-corrected chi connectivity index (χ1v) is 6.22. The molecular formula is C14H19N3O. The highest BCUT2D eigenvalue weighted by atomic mass is 16.5. The number of likely N-dealkylation sites (tertiary alicyclic amines) is 1. The Morgan fingerprint density at radius 3 is 3.00 bits per heavy atom. The van der Waals surface area contributed by atoms with Gasteiger partial charge in [0, 0.05) is 24.7 Å². The molecule has 1 heterocycles. The summed E-state index contributed by atoms with van der Waals surface area (Å²) in [6, 6.07) is 8.23. The largest absolute Gasteiger partial charge is 0.496 e. The van der Waals surface area contributed by atoms with Crippen molar-refractivity contribution in [2.75, 3.05) is 27.2 Å². The minimum atomic E-state index is 0.533. The fraction of sp³-hybridized carbons (Fsp3) is 0.500. The van der Waals surface area contributed by atoms with Crippen LogP contribution >= 0.6 is 0 Å². The molecular weight excluding hydrogens is 226 g/mol. The second kappa shape index (κ2) is 5.85. The molecule has 0 radical (unpaired) electrons. The second-order valence-electron chi connectivity index (χ2n) is 4.77. The summed E-state index contributed by atoms with van der Waals surface area (Å²) in [5.74, 6) is 0.841. The fourth-order valence-electron chi connectivity index (χ4n) is 2.34. The Kier molecular flexibility index (Phi) is 4.19. The molecule has 0 saturated carbocycles. The van der Waals surface area contributed by atoms with Crippen LogP contribution in [-0.2, 0) is 6.54 Å². The van der Waals surface area contributed by atoms with Crippen LogP contribution in [0.4, 0.5) is 0 Å². The number of nitrogens with one attached hydrogen (secondary N) is 1. The van der Waals surface area contributed by atoms with E-state index in [1.54, 1.807) is 13.2 Å². The van der Waals surface area contributed by atoms with Crippen molar-refractivity contribution in [3.63, 3.8) is 0 Å². The van der Waals surface area contributed by atoms with Crippen LogP contribution in [0.25, 0.3) is 0 Å². The standard InChI is InChI=1S/C14H19N3O/c1-17-6-5-13(10-17)16-9-12-7-11(8-15)3-4-14(12)18-2/h3-4,7,13,16H,5-6,9-10H2,1-2H3. The van der Waals surface area contributed by atoms with Crippen molar-refractivity contribution in [1.82, 2.24) is 10.2 Å². The molecule has 2 rings (SSSR count). The number of ether oxygens (including phenoxy) is 1. The monoisotopic (exact) mass is 245 g/mol. The molecule has 4 heteroatoms. The zero-order valence-corrected chi connectivity index (χ0v) is 10.9. The van der Waals surface area contributed by atoms with Gasteiger partial charge in [-0.3, -0.25) is 0 Å². The SMILES string of the molecule is COc1ccc(C#N)cc1CNC1CCN(C)C1. The zero-order valence-electron chi connectivity index (χ0n) is 10.9. The van der Waals surface area contributed by atoms with Crippen LogP contribution in [-0.4, -0.2) is 38.2 Å². The van der Waals surface area contributed by atoms with Gasteiger partial charge in [0.1, 0.15) is 5.75 Å². The first-order chi connectivity index (χ1) is 8.72. The lowest BCUT2D eigenvalue weighted by Gasteiger charge is -2.14. The van der Waals surface area contributed by atoms with Crippen molar-refractivity contribution in [2.24, 2.45) is 0 Å². The second-order valence-corrected chi connectivity index (χ2v) is 4.77. The molecule has 1 aliphatic rings. The van der Waals surface area contributed by atoms with Crippen molar-refractivity contribution in [3.05, 3.63) is 29.3 Å².